The summed E-state index contributed by atoms with van der Waals surface area (Å²) >= 11 is 1.54. The van der Waals surface area contributed by atoms with Crippen LogP contribution in [0.2, 0.25) is 0 Å². The average Bonchev–Trinajstić information content (AvgIpc) is 3.30. The number of halogens is 3. The van der Waals surface area contributed by atoms with Crippen LogP contribution < -0.4 is 0 Å². The van der Waals surface area contributed by atoms with Gasteiger partial charge in [-0.1, -0.05) is 6.07 Å². The first-order valence-electron chi connectivity index (χ1n) is 8.64. The maximum Gasteiger partial charge on any atom is 0.417 e. The van der Waals surface area contributed by atoms with E-state index < -0.39 is 11.7 Å². The molecule has 0 N–H and O–H groups in total. The molecule has 9 heteroatoms. The second-order valence-corrected chi connectivity index (χ2v) is 7.67. The Hall–Kier alpha value is -2.42. The molecule has 0 bridgehead atoms. The number of carbonyl (C=O) groups excluding carboxylic acids is 1. The number of carbonyl (C=O) groups is 1. The van der Waals surface area contributed by atoms with Crippen LogP contribution in [0.5, 0.6) is 0 Å². The predicted molar refractivity (Wildman–Crippen MR) is 94.6 cm³/mol. The van der Waals surface area contributed by atoms with Crippen molar-refractivity contribution in [3.05, 3.63) is 52.1 Å². The van der Waals surface area contributed by atoms with E-state index in [9.17, 15) is 18.0 Å². The van der Waals surface area contributed by atoms with E-state index in [4.69, 9.17) is 0 Å². The molecule has 0 radical (unpaired) electrons. The van der Waals surface area contributed by atoms with Gasteiger partial charge in [-0.05, 0) is 36.4 Å². The van der Waals surface area contributed by atoms with Crippen LogP contribution >= 0.6 is 11.3 Å². The third kappa shape index (κ3) is 3.69. The van der Waals surface area contributed by atoms with Gasteiger partial charge in [0.05, 0.1) is 12.0 Å². The minimum atomic E-state index is -4.43. The molecule has 4 rings (SSSR count). The van der Waals surface area contributed by atoms with E-state index in [1.54, 1.807) is 4.90 Å². The van der Waals surface area contributed by atoms with Gasteiger partial charge in [0.15, 0.2) is 5.65 Å². The molecule has 1 amide bonds. The summed E-state index contributed by atoms with van der Waals surface area (Å²) in [6, 6.07) is 6.16. The van der Waals surface area contributed by atoms with E-state index in [0.717, 1.165) is 30.0 Å². The molecule has 3 aromatic heterocycles. The van der Waals surface area contributed by atoms with E-state index in [-0.39, 0.29) is 11.8 Å². The molecular weight excluding hydrogens is 377 g/mol. The fraction of sp³-hybridized carbons (Fsp3) is 0.389. The third-order valence-corrected chi connectivity index (χ3v) is 5.68. The summed E-state index contributed by atoms with van der Waals surface area (Å²) in [7, 11) is 0. The maximum absolute atomic E-state index is 13.0. The standard InChI is InChI=1S/C18H17F3N4OS/c19-18(20,21)13-5-6-15-22-23-17(25(15)11-13)12-3-1-7-24(10-12)16(26)9-14-4-2-8-27-14/h2,4-6,8,11-12H,1,3,7,9-10H2. The smallest absolute Gasteiger partial charge is 0.342 e. The molecule has 1 aliphatic rings. The van der Waals surface area contributed by atoms with E-state index in [1.165, 1.54) is 21.8 Å². The van der Waals surface area contributed by atoms with E-state index >= 15 is 0 Å². The van der Waals surface area contributed by atoms with Crippen LogP contribution in [0.15, 0.2) is 35.8 Å². The Labute approximate surface area is 157 Å². The first-order valence-corrected chi connectivity index (χ1v) is 9.52. The van der Waals surface area contributed by atoms with Gasteiger partial charge in [-0.25, -0.2) is 0 Å². The normalized spacial score (nSPS) is 18.2. The lowest BCUT2D eigenvalue weighted by molar-refractivity contribution is -0.137. The zero-order valence-corrected chi connectivity index (χ0v) is 15.1. The average molecular weight is 394 g/mol. The molecule has 0 aliphatic carbocycles. The van der Waals surface area contributed by atoms with E-state index in [1.807, 2.05) is 17.5 Å². The van der Waals surface area contributed by atoms with E-state index in [0.29, 0.717) is 31.0 Å². The third-order valence-electron chi connectivity index (χ3n) is 4.80. The van der Waals surface area contributed by atoms with Crippen LogP contribution in [-0.4, -0.2) is 38.5 Å². The summed E-state index contributed by atoms with van der Waals surface area (Å²) < 4.78 is 40.5. The number of alkyl halides is 3. The largest absolute Gasteiger partial charge is 0.417 e. The first kappa shape index (κ1) is 18.0. The quantitative estimate of drug-likeness (QED) is 0.680. The topological polar surface area (TPSA) is 50.5 Å². The number of piperidine rings is 1. The van der Waals surface area contributed by atoms with Gasteiger partial charge in [0.1, 0.15) is 5.82 Å². The highest BCUT2D eigenvalue weighted by molar-refractivity contribution is 7.10. The van der Waals surface area contributed by atoms with Crippen molar-refractivity contribution in [2.45, 2.75) is 31.4 Å². The second-order valence-electron chi connectivity index (χ2n) is 6.64. The molecule has 0 aromatic carbocycles. The molecular formula is C18H17F3N4OS. The maximum atomic E-state index is 13.0. The van der Waals surface area contributed by atoms with Crippen LogP contribution in [0.1, 0.15) is 35.0 Å². The minimum absolute atomic E-state index is 0.0342. The van der Waals surface area contributed by atoms with Crippen molar-refractivity contribution < 1.29 is 18.0 Å². The summed E-state index contributed by atoms with van der Waals surface area (Å²) in [5, 5.41) is 10.0. The number of likely N-dealkylation sites (tertiary alicyclic amines) is 1. The Morgan fingerprint density at radius 3 is 2.85 bits per heavy atom. The minimum Gasteiger partial charge on any atom is -0.342 e. The monoisotopic (exact) mass is 394 g/mol. The highest BCUT2D eigenvalue weighted by atomic mass is 32.1. The van der Waals surface area contributed by atoms with Crippen molar-refractivity contribution in [1.82, 2.24) is 19.5 Å². The number of thiophene rings is 1. The van der Waals surface area contributed by atoms with Crippen LogP contribution in [0, 0.1) is 0 Å². The predicted octanol–water partition coefficient (Wildman–Crippen LogP) is 3.76. The summed E-state index contributed by atoms with van der Waals surface area (Å²) in [5.41, 5.74) is -0.363. The highest BCUT2D eigenvalue weighted by Crippen LogP contribution is 2.31. The lowest BCUT2D eigenvalue weighted by Crippen LogP contribution is -2.40. The highest BCUT2D eigenvalue weighted by Gasteiger charge is 2.32. The molecule has 1 aliphatic heterocycles. The number of hydrogen-bond acceptors (Lipinski definition) is 4. The van der Waals surface area contributed by atoms with Crippen molar-refractivity contribution in [3.8, 4) is 0 Å². The summed E-state index contributed by atoms with van der Waals surface area (Å²) in [6.07, 6.45) is -1.49. The first-order chi connectivity index (χ1) is 12.9. The Morgan fingerprint density at radius 1 is 1.26 bits per heavy atom. The van der Waals surface area contributed by atoms with Crippen molar-refractivity contribution in [2.75, 3.05) is 13.1 Å². The summed E-state index contributed by atoms with van der Waals surface area (Å²) in [6.45, 7) is 1.10. The molecule has 1 unspecified atom stereocenters. The molecule has 5 nitrogen and oxygen atoms in total. The molecule has 27 heavy (non-hydrogen) atoms. The molecule has 142 valence electrons. The van der Waals surface area contributed by atoms with Gasteiger partial charge in [0, 0.05) is 30.1 Å². The lowest BCUT2D eigenvalue weighted by atomic mass is 9.97. The van der Waals surface area contributed by atoms with E-state index in [2.05, 4.69) is 10.2 Å². The molecule has 1 fully saturated rings. The van der Waals surface area contributed by atoms with Gasteiger partial charge in [0.25, 0.3) is 0 Å². The van der Waals surface area contributed by atoms with Gasteiger partial charge in [0.2, 0.25) is 5.91 Å². The van der Waals surface area contributed by atoms with Crippen molar-refractivity contribution in [3.63, 3.8) is 0 Å². The van der Waals surface area contributed by atoms with Crippen LogP contribution in [0.4, 0.5) is 13.2 Å². The zero-order chi connectivity index (χ0) is 19.0. The van der Waals surface area contributed by atoms with Gasteiger partial charge >= 0.3 is 6.18 Å². The summed E-state index contributed by atoms with van der Waals surface area (Å²) in [4.78, 5) is 15.4. The van der Waals surface area contributed by atoms with Crippen LogP contribution in [-0.2, 0) is 17.4 Å². The van der Waals surface area contributed by atoms with Crippen LogP contribution in [0.3, 0.4) is 0 Å². The molecule has 3 aromatic rings. The molecule has 1 saturated heterocycles. The number of rotatable bonds is 3. The van der Waals surface area contributed by atoms with Gasteiger partial charge in [-0.2, -0.15) is 13.2 Å². The number of pyridine rings is 1. The van der Waals surface area contributed by atoms with Gasteiger partial charge in [-0.15, -0.1) is 21.5 Å². The fourth-order valence-corrected chi connectivity index (χ4v) is 4.14. The Kier molecular flexibility index (Phi) is 4.63. The number of fused-ring (bicyclic) bond motifs is 1. The van der Waals surface area contributed by atoms with Gasteiger partial charge in [-0.3, -0.25) is 9.20 Å². The van der Waals surface area contributed by atoms with Gasteiger partial charge < -0.3 is 4.90 Å². The molecule has 4 heterocycles. The number of nitrogens with zero attached hydrogens (tertiary/aromatic N) is 4. The zero-order valence-electron chi connectivity index (χ0n) is 14.3. The Morgan fingerprint density at radius 2 is 2.11 bits per heavy atom. The summed E-state index contributed by atoms with van der Waals surface area (Å²) in [5.74, 6) is 0.376. The number of aromatic nitrogens is 3. The van der Waals surface area contributed by atoms with Crippen LogP contribution in [0.25, 0.3) is 5.65 Å². The molecule has 1 atom stereocenters. The molecule has 0 saturated carbocycles. The lowest BCUT2D eigenvalue weighted by Gasteiger charge is -2.32. The second kappa shape index (κ2) is 6.95. The number of hydrogen-bond donors (Lipinski definition) is 0. The fourth-order valence-electron chi connectivity index (χ4n) is 3.44. The Balaban J connectivity index is 1.56. The Bertz CT molecular complexity index is 951. The number of amides is 1. The SMILES string of the molecule is O=C(Cc1cccs1)N1CCCC(c2nnc3ccc(C(F)(F)F)cn23)C1. The van der Waals surface area contributed by atoms with Crippen molar-refractivity contribution in [2.24, 2.45) is 0 Å². The van der Waals surface area contributed by atoms with Crippen molar-refractivity contribution >= 4 is 22.9 Å². The van der Waals surface area contributed by atoms with Crippen molar-refractivity contribution in [1.29, 1.82) is 0 Å². The molecule has 0 spiro atoms.